The Morgan fingerprint density at radius 3 is 2.46 bits per heavy atom. The minimum Gasteiger partial charge on any atom is -0.493 e. The van der Waals surface area contributed by atoms with Crippen molar-refractivity contribution in [2.45, 2.75) is 13.3 Å². The number of hydrogen-bond donors (Lipinski definition) is 2. The summed E-state index contributed by atoms with van der Waals surface area (Å²) in [6.07, 6.45) is 1.04. The topological polar surface area (TPSA) is 79.8 Å². The van der Waals surface area contributed by atoms with Gasteiger partial charge >= 0.3 is 0 Å². The van der Waals surface area contributed by atoms with Gasteiger partial charge in [-0.1, -0.05) is 23.2 Å². The first kappa shape index (κ1) is 19.8. The molecule has 2 amide bonds. The summed E-state index contributed by atoms with van der Waals surface area (Å²) in [7, 11) is 0. The number of halogens is 2. The van der Waals surface area contributed by atoms with E-state index in [4.69, 9.17) is 27.9 Å². The van der Waals surface area contributed by atoms with Crippen molar-refractivity contribution in [3.63, 3.8) is 0 Å². The van der Waals surface area contributed by atoms with Gasteiger partial charge in [0.25, 0.3) is 0 Å². The third-order valence-corrected chi connectivity index (χ3v) is 3.60. The van der Waals surface area contributed by atoms with Crippen LogP contribution in [0.3, 0.4) is 0 Å². The van der Waals surface area contributed by atoms with Gasteiger partial charge in [0, 0.05) is 21.3 Å². The number of rotatable bonds is 7. The fourth-order valence-electron chi connectivity index (χ4n) is 2.00. The maximum absolute atomic E-state index is 11.8. The molecule has 136 valence electrons. The average Bonchev–Trinajstić information content (AvgIpc) is 2.59. The zero-order chi connectivity index (χ0) is 18.9. The third kappa shape index (κ3) is 6.38. The summed E-state index contributed by atoms with van der Waals surface area (Å²) in [6, 6.07) is 11.6. The molecular formula is C18H17Cl2N3O3. The molecule has 26 heavy (non-hydrogen) atoms. The number of nitrogens with zero attached hydrogens (tertiary/aromatic N) is 1. The molecule has 0 aromatic heterocycles. The van der Waals surface area contributed by atoms with Gasteiger partial charge in [-0.15, -0.1) is 0 Å². The van der Waals surface area contributed by atoms with Crippen LogP contribution in [0, 0.1) is 0 Å². The largest absolute Gasteiger partial charge is 0.493 e. The molecule has 0 heterocycles. The van der Waals surface area contributed by atoms with Crippen LogP contribution in [-0.4, -0.2) is 24.6 Å². The molecule has 0 aliphatic rings. The van der Waals surface area contributed by atoms with Gasteiger partial charge in [0.15, 0.2) is 0 Å². The number of carbonyl (C=O) groups is 2. The summed E-state index contributed by atoms with van der Waals surface area (Å²) in [5.41, 5.74) is 3.46. The van der Waals surface area contributed by atoms with Crippen LogP contribution in [0.5, 0.6) is 5.75 Å². The van der Waals surface area contributed by atoms with Crippen molar-refractivity contribution in [1.29, 1.82) is 0 Å². The number of hydrazone groups is 1. The number of ether oxygens (including phenoxy) is 1. The lowest BCUT2D eigenvalue weighted by molar-refractivity contribution is -0.126. The zero-order valence-electron chi connectivity index (χ0n) is 14.0. The predicted molar refractivity (Wildman–Crippen MR) is 103 cm³/mol. The second kappa shape index (κ2) is 9.79. The molecule has 0 aliphatic carbocycles. The summed E-state index contributed by atoms with van der Waals surface area (Å²) in [6.45, 7) is 2.34. The van der Waals surface area contributed by atoms with Crippen LogP contribution in [-0.2, 0) is 9.59 Å². The van der Waals surface area contributed by atoms with Gasteiger partial charge in [-0.3, -0.25) is 9.59 Å². The number of hydrogen-bond acceptors (Lipinski definition) is 4. The van der Waals surface area contributed by atoms with Gasteiger partial charge in [-0.2, -0.15) is 5.10 Å². The van der Waals surface area contributed by atoms with Crippen molar-refractivity contribution in [3.8, 4) is 5.75 Å². The van der Waals surface area contributed by atoms with Crippen LogP contribution < -0.4 is 15.5 Å². The Morgan fingerprint density at radius 2 is 1.77 bits per heavy atom. The van der Waals surface area contributed by atoms with E-state index in [0.29, 0.717) is 33.7 Å². The second-order valence-corrected chi connectivity index (χ2v) is 6.01. The SMILES string of the molecule is CCOc1ccc(Cl)cc1C=NNC(=O)CC(=O)Nc1ccc(Cl)cc1. The summed E-state index contributed by atoms with van der Waals surface area (Å²) < 4.78 is 5.45. The minimum atomic E-state index is -0.548. The first-order valence-corrected chi connectivity index (χ1v) is 8.53. The van der Waals surface area contributed by atoms with E-state index in [9.17, 15) is 9.59 Å². The van der Waals surface area contributed by atoms with Crippen molar-refractivity contribution < 1.29 is 14.3 Å². The lowest BCUT2D eigenvalue weighted by Gasteiger charge is -2.07. The minimum absolute atomic E-state index is 0.367. The fraction of sp³-hybridized carbons (Fsp3) is 0.167. The van der Waals surface area contributed by atoms with E-state index in [0.717, 1.165) is 0 Å². The molecule has 0 spiro atoms. The molecule has 8 heteroatoms. The summed E-state index contributed by atoms with van der Waals surface area (Å²) in [5, 5.41) is 7.51. The lowest BCUT2D eigenvalue weighted by Crippen LogP contribution is -2.24. The Kier molecular flexibility index (Phi) is 7.44. The van der Waals surface area contributed by atoms with Gasteiger partial charge in [0.1, 0.15) is 12.2 Å². The van der Waals surface area contributed by atoms with E-state index in [1.807, 2.05) is 6.92 Å². The molecule has 0 bridgehead atoms. The lowest BCUT2D eigenvalue weighted by atomic mass is 10.2. The average molecular weight is 394 g/mol. The normalized spacial score (nSPS) is 10.6. The summed E-state index contributed by atoms with van der Waals surface area (Å²) in [5.74, 6) is -0.416. The molecule has 6 nitrogen and oxygen atoms in total. The van der Waals surface area contributed by atoms with Crippen molar-refractivity contribution in [3.05, 3.63) is 58.1 Å². The van der Waals surface area contributed by atoms with Gasteiger partial charge < -0.3 is 10.1 Å². The summed E-state index contributed by atoms with van der Waals surface area (Å²) in [4.78, 5) is 23.6. The van der Waals surface area contributed by atoms with E-state index in [2.05, 4.69) is 15.8 Å². The van der Waals surface area contributed by atoms with E-state index in [1.165, 1.54) is 6.21 Å². The third-order valence-electron chi connectivity index (χ3n) is 3.11. The number of amides is 2. The van der Waals surface area contributed by atoms with Gasteiger partial charge in [0.2, 0.25) is 11.8 Å². The highest BCUT2D eigenvalue weighted by molar-refractivity contribution is 6.31. The van der Waals surface area contributed by atoms with Gasteiger partial charge in [-0.25, -0.2) is 5.43 Å². The highest BCUT2D eigenvalue weighted by atomic mass is 35.5. The first-order valence-electron chi connectivity index (χ1n) is 7.77. The maximum atomic E-state index is 11.8. The highest BCUT2D eigenvalue weighted by Crippen LogP contribution is 2.21. The Hall–Kier alpha value is -2.57. The molecule has 2 aromatic rings. The van der Waals surface area contributed by atoms with Gasteiger partial charge in [-0.05, 0) is 49.4 Å². The molecule has 2 rings (SSSR count). The second-order valence-electron chi connectivity index (χ2n) is 5.14. The van der Waals surface area contributed by atoms with Crippen LogP contribution in [0.15, 0.2) is 47.6 Å². The first-order chi connectivity index (χ1) is 12.5. The Balaban J connectivity index is 1.88. The van der Waals surface area contributed by atoms with Crippen molar-refractivity contribution in [2.24, 2.45) is 5.10 Å². The summed E-state index contributed by atoms with van der Waals surface area (Å²) >= 11 is 11.7. The molecule has 2 aromatic carbocycles. The maximum Gasteiger partial charge on any atom is 0.249 e. The predicted octanol–water partition coefficient (Wildman–Crippen LogP) is 3.87. The van der Waals surface area contributed by atoms with Crippen LogP contribution in [0.1, 0.15) is 18.9 Å². The number of carbonyl (C=O) groups excluding carboxylic acids is 2. The van der Waals surface area contributed by atoms with Crippen LogP contribution in [0.4, 0.5) is 5.69 Å². The zero-order valence-corrected chi connectivity index (χ0v) is 15.5. The number of benzene rings is 2. The van der Waals surface area contributed by atoms with E-state index in [-0.39, 0.29) is 6.42 Å². The quantitative estimate of drug-likeness (QED) is 0.425. The standard InChI is InChI=1S/C18H17Cl2N3O3/c1-2-26-16-8-5-14(20)9-12(16)11-21-23-18(25)10-17(24)22-15-6-3-13(19)4-7-15/h3-9,11H,2,10H2,1H3,(H,22,24)(H,23,25). The monoisotopic (exact) mass is 393 g/mol. The van der Waals surface area contributed by atoms with E-state index < -0.39 is 11.8 Å². The molecular weight excluding hydrogens is 377 g/mol. The molecule has 0 aliphatic heterocycles. The van der Waals surface area contributed by atoms with Crippen molar-refractivity contribution >= 4 is 46.9 Å². The molecule has 0 saturated carbocycles. The molecule has 0 saturated heterocycles. The van der Waals surface area contributed by atoms with E-state index >= 15 is 0 Å². The molecule has 0 radical (unpaired) electrons. The molecule has 0 fully saturated rings. The number of anilines is 1. The van der Waals surface area contributed by atoms with Crippen LogP contribution in [0.25, 0.3) is 0 Å². The van der Waals surface area contributed by atoms with Crippen molar-refractivity contribution in [2.75, 3.05) is 11.9 Å². The highest BCUT2D eigenvalue weighted by Gasteiger charge is 2.09. The van der Waals surface area contributed by atoms with E-state index in [1.54, 1.807) is 42.5 Å². The Morgan fingerprint density at radius 1 is 1.08 bits per heavy atom. The van der Waals surface area contributed by atoms with Crippen molar-refractivity contribution in [1.82, 2.24) is 5.43 Å². The molecule has 0 unspecified atom stereocenters. The fourth-order valence-corrected chi connectivity index (χ4v) is 2.31. The number of nitrogens with one attached hydrogen (secondary N) is 2. The Labute approximate surface area is 161 Å². The van der Waals surface area contributed by atoms with Crippen LogP contribution >= 0.6 is 23.2 Å². The molecule has 0 atom stereocenters. The Bertz CT molecular complexity index is 808. The van der Waals surface area contributed by atoms with Gasteiger partial charge in [0.05, 0.1) is 12.8 Å². The smallest absolute Gasteiger partial charge is 0.249 e. The van der Waals surface area contributed by atoms with Crippen LogP contribution in [0.2, 0.25) is 10.0 Å². The molecule has 2 N–H and O–H groups in total.